The lowest BCUT2D eigenvalue weighted by atomic mass is 9.92. The molecule has 2 saturated heterocycles. The van der Waals surface area contributed by atoms with Gasteiger partial charge in [0.1, 0.15) is 11.3 Å². The van der Waals surface area contributed by atoms with Gasteiger partial charge in [0.2, 0.25) is 0 Å². The summed E-state index contributed by atoms with van der Waals surface area (Å²) in [6.07, 6.45) is 0.0978. The largest absolute Gasteiger partial charge is 0.444 e. The Morgan fingerprint density at radius 2 is 1.77 bits per heavy atom. The number of ether oxygens (including phenoxy) is 1. The number of anilines is 1. The first kappa shape index (κ1) is 23.2. The highest BCUT2D eigenvalue weighted by Crippen LogP contribution is 2.30. The fourth-order valence-corrected chi connectivity index (χ4v) is 3.99. The number of carbonyl (C=O) groups excluding carboxylic acids is 1. The quantitative estimate of drug-likeness (QED) is 0.526. The van der Waals surface area contributed by atoms with E-state index in [4.69, 9.17) is 4.74 Å². The molecule has 31 heavy (non-hydrogen) atoms. The molecule has 2 fully saturated rings. The van der Waals surface area contributed by atoms with Gasteiger partial charge in [0.15, 0.2) is 5.82 Å². The third-order valence-corrected chi connectivity index (χ3v) is 5.67. The smallest absolute Gasteiger partial charge is 0.410 e. The van der Waals surface area contributed by atoms with E-state index in [2.05, 4.69) is 0 Å². The summed E-state index contributed by atoms with van der Waals surface area (Å²) < 4.78 is 35.0. The molecule has 0 unspecified atom stereocenters. The summed E-state index contributed by atoms with van der Waals surface area (Å²) >= 11 is 0. The normalized spacial score (nSPS) is 19.9. The van der Waals surface area contributed by atoms with Gasteiger partial charge >= 0.3 is 6.09 Å². The van der Waals surface area contributed by atoms with Crippen LogP contribution in [0.15, 0.2) is 18.2 Å². The summed E-state index contributed by atoms with van der Waals surface area (Å²) in [6.45, 7) is 8.47. The Bertz CT molecular complexity index is 814. The molecule has 0 N–H and O–H groups in total. The fraction of sp³-hybridized carbons (Fsp3) is 0.667. The number of nitrogens with zero attached hydrogens (tertiary/aromatic N) is 4. The van der Waals surface area contributed by atoms with Gasteiger partial charge in [0.25, 0.3) is 5.69 Å². The maximum Gasteiger partial charge on any atom is 0.410 e. The van der Waals surface area contributed by atoms with Crippen molar-refractivity contribution in [2.45, 2.75) is 44.9 Å². The predicted molar refractivity (Wildman–Crippen MR) is 113 cm³/mol. The number of hydrogen-bond donors (Lipinski definition) is 0. The summed E-state index contributed by atoms with van der Waals surface area (Å²) in [7, 11) is 0. The monoisotopic (exact) mass is 440 g/mol. The number of nitro groups is 1. The number of likely N-dealkylation sites (tertiary alicyclic amines) is 1. The molecule has 0 saturated carbocycles. The number of benzene rings is 1. The molecule has 172 valence electrons. The number of piperazine rings is 1. The number of halogens is 2. The van der Waals surface area contributed by atoms with Crippen LogP contribution in [0.25, 0.3) is 0 Å². The van der Waals surface area contributed by atoms with Gasteiger partial charge in [-0.25, -0.2) is 13.6 Å². The van der Waals surface area contributed by atoms with E-state index in [0.717, 1.165) is 6.07 Å². The van der Waals surface area contributed by atoms with Crippen LogP contribution in [-0.4, -0.2) is 77.9 Å². The second kappa shape index (κ2) is 8.94. The first-order chi connectivity index (χ1) is 14.5. The standard InChI is InChI=1S/C21H30F2N4O4/c1-20(2,3)31-19(28)26-8-6-21(23,7-9-26)15-24-10-12-25(13-11-24)18-5-4-16(27(29)30)14-17(18)22/h4-5,14H,6-13,15H2,1-3H3. The maximum atomic E-state index is 15.4. The molecule has 1 aromatic rings. The zero-order chi connectivity index (χ0) is 22.8. The highest BCUT2D eigenvalue weighted by atomic mass is 19.1. The molecule has 2 heterocycles. The van der Waals surface area contributed by atoms with Crippen molar-refractivity contribution in [1.29, 1.82) is 0 Å². The SMILES string of the molecule is CC(C)(C)OC(=O)N1CCC(F)(CN2CCN(c3ccc([N+](=O)[O-])cc3F)CC2)CC1. The summed E-state index contributed by atoms with van der Waals surface area (Å²) in [5, 5.41) is 10.8. The Kier molecular flexibility index (Phi) is 6.68. The first-order valence-corrected chi connectivity index (χ1v) is 10.5. The van der Waals surface area contributed by atoms with Crippen molar-refractivity contribution in [1.82, 2.24) is 9.80 Å². The summed E-state index contributed by atoms with van der Waals surface area (Å²) in [4.78, 5) is 27.7. The molecule has 0 aliphatic carbocycles. The summed E-state index contributed by atoms with van der Waals surface area (Å²) in [6, 6.07) is 3.64. The Balaban J connectivity index is 1.49. The number of nitro benzene ring substituents is 1. The lowest BCUT2D eigenvalue weighted by Crippen LogP contribution is -2.54. The summed E-state index contributed by atoms with van der Waals surface area (Å²) in [5.74, 6) is -0.626. The van der Waals surface area contributed by atoms with Crippen molar-refractivity contribution in [3.63, 3.8) is 0 Å². The van der Waals surface area contributed by atoms with E-state index < -0.39 is 28.1 Å². The van der Waals surface area contributed by atoms with Crippen LogP contribution in [0.4, 0.5) is 25.0 Å². The van der Waals surface area contributed by atoms with Gasteiger partial charge in [-0.15, -0.1) is 0 Å². The van der Waals surface area contributed by atoms with Crippen LogP contribution in [-0.2, 0) is 4.74 Å². The van der Waals surface area contributed by atoms with Crippen LogP contribution in [0.2, 0.25) is 0 Å². The number of non-ortho nitro benzene ring substituents is 1. The molecule has 1 aromatic carbocycles. The third kappa shape index (κ3) is 6.03. The van der Waals surface area contributed by atoms with Crippen LogP contribution < -0.4 is 4.90 Å². The number of amides is 1. The molecule has 0 spiro atoms. The van der Waals surface area contributed by atoms with E-state index in [1.807, 2.05) is 9.80 Å². The summed E-state index contributed by atoms with van der Waals surface area (Å²) in [5.41, 5.74) is -1.91. The van der Waals surface area contributed by atoms with Gasteiger partial charge in [-0.2, -0.15) is 0 Å². The van der Waals surface area contributed by atoms with Gasteiger partial charge in [0.05, 0.1) is 16.7 Å². The molecule has 0 atom stereocenters. The van der Waals surface area contributed by atoms with Gasteiger partial charge in [-0.3, -0.25) is 15.0 Å². The van der Waals surface area contributed by atoms with E-state index in [0.29, 0.717) is 45.0 Å². The highest BCUT2D eigenvalue weighted by molar-refractivity contribution is 5.68. The minimum Gasteiger partial charge on any atom is -0.444 e. The van der Waals surface area contributed by atoms with Crippen LogP contribution >= 0.6 is 0 Å². The molecule has 0 radical (unpaired) electrons. The molecule has 3 rings (SSSR count). The van der Waals surface area contributed by atoms with E-state index >= 15 is 4.39 Å². The Labute approximate surface area is 180 Å². The molecule has 10 heteroatoms. The average Bonchev–Trinajstić information content (AvgIpc) is 2.67. The number of alkyl halides is 1. The minimum absolute atomic E-state index is 0.253. The number of piperidine rings is 1. The van der Waals surface area contributed by atoms with Gasteiger partial charge < -0.3 is 14.5 Å². The molecule has 2 aliphatic rings. The van der Waals surface area contributed by atoms with Crippen molar-refractivity contribution in [3.8, 4) is 0 Å². The van der Waals surface area contributed by atoms with Crippen molar-refractivity contribution in [3.05, 3.63) is 34.1 Å². The second-order valence-electron chi connectivity index (χ2n) is 9.27. The van der Waals surface area contributed by atoms with Crippen LogP contribution in [0.5, 0.6) is 0 Å². The van der Waals surface area contributed by atoms with Crippen molar-refractivity contribution < 1.29 is 23.2 Å². The topological polar surface area (TPSA) is 79.2 Å². The van der Waals surface area contributed by atoms with Gasteiger partial charge in [-0.05, 0) is 26.8 Å². The lowest BCUT2D eigenvalue weighted by Gasteiger charge is -2.42. The van der Waals surface area contributed by atoms with E-state index in [-0.39, 0.29) is 25.1 Å². The van der Waals surface area contributed by atoms with E-state index in [1.54, 1.807) is 25.7 Å². The van der Waals surface area contributed by atoms with E-state index in [9.17, 15) is 19.3 Å². The molecule has 8 nitrogen and oxygen atoms in total. The molecular formula is C21H30F2N4O4. The molecule has 1 amide bonds. The molecular weight excluding hydrogens is 410 g/mol. The molecule has 2 aliphatic heterocycles. The predicted octanol–water partition coefficient (Wildman–Crippen LogP) is 3.60. The Morgan fingerprint density at radius 3 is 2.29 bits per heavy atom. The third-order valence-electron chi connectivity index (χ3n) is 5.67. The average molecular weight is 440 g/mol. The maximum absolute atomic E-state index is 15.4. The number of carbonyl (C=O) groups is 1. The van der Waals surface area contributed by atoms with Crippen molar-refractivity contribution in [2.24, 2.45) is 0 Å². The zero-order valence-corrected chi connectivity index (χ0v) is 18.3. The number of rotatable bonds is 4. The first-order valence-electron chi connectivity index (χ1n) is 10.5. The Hall–Kier alpha value is -2.49. The zero-order valence-electron chi connectivity index (χ0n) is 18.3. The molecule has 0 bridgehead atoms. The minimum atomic E-state index is -1.38. The highest BCUT2D eigenvalue weighted by Gasteiger charge is 2.39. The van der Waals surface area contributed by atoms with Crippen LogP contribution in [0.1, 0.15) is 33.6 Å². The van der Waals surface area contributed by atoms with Crippen molar-refractivity contribution in [2.75, 3.05) is 50.7 Å². The molecule has 0 aromatic heterocycles. The fourth-order valence-electron chi connectivity index (χ4n) is 3.99. The lowest BCUT2D eigenvalue weighted by molar-refractivity contribution is -0.385. The number of hydrogen-bond acceptors (Lipinski definition) is 6. The van der Waals surface area contributed by atoms with Crippen LogP contribution in [0.3, 0.4) is 0 Å². The van der Waals surface area contributed by atoms with Crippen LogP contribution in [0, 0.1) is 15.9 Å². The Morgan fingerprint density at radius 1 is 1.16 bits per heavy atom. The van der Waals surface area contributed by atoms with Gasteiger partial charge in [-0.1, -0.05) is 0 Å². The second-order valence-corrected chi connectivity index (χ2v) is 9.27. The van der Waals surface area contributed by atoms with E-state index in [1.165, 1.54) is 12.1 Å². The van der Waals surface area contributed by atoms with Crippen molar-refractivity contribution >= 4 is 17.5 Å². The van der Waals surface area contributed by atoms with Gasteiger partial charge in [0, 0.05) is 64.7 Å².